The predicted octanol–water partition coefficient (Wildman–Crippen LogP) is 0.883. The Kier molecular flexibility index (Phi) is 4.13. The molecule has 2 fully saturated rings. The average Bonchev–Trinajstić information content (AvgIpc) is 3.26. The summed E-state index contributed by atoms with van der Waals surface area (Å²) in [6.45, 7) is 4.77. The summed E-state index contributed by atoms with van der Waals surface area (Å²) in [6, 6.07) is 0.801. The van der Waals surface area contributed by atoms with Gasteiger partial charge < -0.3 is 10.0 Å². The van der Waals surface area contributed by atoms with Gasteiger partial charge in [-0.3, -0.25) is 4.90 Å². The van der Waals surface area contributed by atoms with Crippen molar-refractivity contribution in [3.05, 3.63) is 12.5 Å². The van der Waals surface area contributed by atoms with Crippen molar-refractivity contribution in [1.29, 1.82) is 0 Å². The van der Waals surface area contributed by atoms with Crippen LogP contribution < -0.4 is 4.90 Å². The molecule has 1 N–H and O–H groups in total. The monoisotopic (exact) mass is 316 g/mol. The van der Waals surface area contributed by atoms with Gasteiger partial charge in [0.1, 0.15) is 12.1 Å². The van der Waals surface area contributed by atoms with Gasteiger partial charge in [0, 0.05) is 32.2 Å². The van der Waals surface area contributed by atoms with Crippen LogP contribution in [0.15, 0.2) is 12.5 Å². The van der Waals surface area contributed by atoms with Crippen molar-refractivity contribution < 1.29 is 5.11 Å². The van der Waals surface area contributed by atoms with Crippen molar-refractivity contribution in [2.45, 2.75) is 38.3 Å². The van der Waals surface area contributed by atoms with Crippen LogP contribution >= 0.6 is 0 Å². The smallest absolute Gasteiger partial charge is 0.163 e. The maximum absolute atomic E-state index is 9.13. The molecule has 23 heavy (non-hydrogen) atoms. The summed E-state index contributed by atoms with van der Waals surface area (Å²) in [7, 11) is 0. The zero-order valence-corrected chi connectivity index (χ0v) is 13.4. The largest absolute Gasteiger partial charge is 0.394 e. The lowest BCUT2D eigenvalue weighted by molar-refractivity contribution is 0.187. The summed E-state index contributed by atoms with van der Waals surface area (Å²) < 4.78 is 1.75. The van der Waals surface area contributed by atoms with Crippen molar-refractivity contribution in [2.24, 2.45) is 0 Å². The molecule has 2 aromatic heterocycles. The number of aliphatic hydroxyl groups is 1. The minimum absolute atomic E-state index is 0.0657. The third-order valence-electron chi connectivity index (χ3n) is 5.18. The summed E-state index contributed by atoms with van der Waals surface area (Å²) in [6.07, 6.45) is 8.94. The number of aliphatic hydroxyl groups excluding tert-OH is 1. The van der Waals surface area contributed by atoms with Crippen molar-refractivity contribution in [3.8, 4) is 0 Å². The van der Waals surface area contributed by atoms with E-state index >= 15 is 0 Å². The van der Waals surface area contributed by atoms with E-state index in [0.717, 1.165) is 49.1 Å². The fraction of sp³-hybridized carbons (Fsp3) is 0.688. The maximum atomic E-state index is 9.13. The van der Waals surface area contributed by atoms with Gasteiger partial charge in [0.15, 0.2) is 5.65 Å². The molecule has 0 atom stereocenters. The van der Waals surface area contributed by atoms with Gasteiger partial charge in [-0.05, 0) is 12.8 Å². The molecule has 0 amide bonds. The fourth-order valence-corrected chi connectivity index (χ4v) is 3.96. The standard InChI is InChI=1S/C16H24N6O/c23-10-9-22-16-14(11-19-22)15(17-12-18-16)21-7-5-20(6-8-21)13-3-1-2-4-13/h11-13,23H,1-10H2. The number of hydrogen-bond acceptors (Lipinski definition) is 6. The molecule has 0 aromatic carbocycles. The first-order chi connectivity index (χ1) is 11.4. The van der Waals surface area contributed by atoms with Gasteiger partial charge in [0.05, 0.1) is 24.7 Å². The third-order valence-corrected chi connectivity index (χ3v) is 5.18. The van der Waals surface area contributed by atoms with Gasteiger partial charge in [-0.25, -0.2) is 14.6 Å². The van der Waals surface area contributed by atoms with E-state index in [2.05, 4.69) is 24.9 Å². The molecule has 0 unspecified atom stereocenters. The second-order valence-corrected chi connectivity index (χ2v) is 6.49. The Balaban J connectivity index is 1.51. The zero-order valence-electron chi connectivity index (χ0n) is 13.4. The van der Waals surface area contributed by atoms with E-state index in [-0.39, 0.29) is 6.61 Å². The molecule has 124 valence electrons. The van der Waals surface area contributed by atoms with Crippen LogP contribution in [0.2, 0.25) is 0 Å². The van der Waals surface area contributed by atoms with Crippen LogP contribution in [0.5, 0.6) is 0 Å². The predicted molar refractivity (Wildman–Crippen MR) is 88.5 cm³/mol. The van der Waals surface area contributed by atoms with Crippen molar-refractivity contribution in [3.63, 3.8) is 0 Å². The summed E-state index contributed by atoms with van der Waals surface area (Å²) >= 11 is 0. The topological polar surface area (TPSA) is 70.3 Å². The second-order valence-electron chi connectivity index (χ2n) is 6.49. The maximum Gasteiger partial charge on any atom is 0.163 e. The van der Waals surface area contributed by atoms with E-state index in [4.69, 9.17) is 5.11 Å². The number of anilines is 1. The normalized spacial score (nSPS) is 20.7. The van der Waals surface area contributed by atoms with Crippen LogP contribution in [0.3, 0.4) is 0 Å². The van der Waals surface area contributed by atoms with Crippen molar-refractivity contribution in [2.75, 3.05) is 37.7 Å². The van der Waals surface area contributed by atoms with Crippen molar-refractivity contribution >= 4 is 16.9 Å². The minimum atomic E-state index is 0.0657. The quantitative estimate of drug-likeness (QED) is 0.903. The first kappa shape index (κ1) is 14.8. The Morgan fingerprint density at radius 2 is 1.87 bits per heavy atom. The number of aromatic nitrogens is 4. The Labute approximate surface area is 135 Å². The molecular weight excluding hydrogens is 292 g/mol. The average molecular weight is 316 g/mol. The zero-order chi connectivity index (χ0) is 15.6. The number of nitrogens with zero attached hydrogens (tertiary/aromatic N) is 6. The van der Waals surface area contributed by atoms with Crippen LogP contribution in [0, 0.1) is 0 Å². The highest BCUT2D eigenvalue weighted by molar-refractivity contribution is 5.86. The van der Waals surface area contributed by atoms with Crippen molar-refractivity contribution in [1.82, 2.24) is 24.6 Å². The van der Waals surface area contributed by atoms with Crippen LogP contribution in [-0.4, -0.2) is 68.6 Å². The van der Waals surface area contributed by atoms with Gasteiger partial charge >= 0.3 is 0 Å². The molecule has 2 aliphatic rings. The molecule has 7 nitrogen and oxygen atoms in total. The molecule has 1 aliphatic heterocycles. The summed E-state index contributed by atoms with van der Waals surface area (Å²) in [5, 5.41) is 14.4. The third kappa shape index (κ3) is 2.79. The van der Waals surface area contributed by atoms with Crippen LogP contribution in [-0.2, 0) is 6.54 Å². The molecule has 0 radical (unpaired) electrons. The highest BCUT2D eigenvalue weighted by Crippen LogP contribution is 2.27. The number of fused-ring (bicyclic) bond motifs is 1. The molecule has 7 heteroatoms. The molecule has 0 bridgehead atoms. The molecule has 0 spiro atoms. The van der Waals surface area contributed by atoms with E-state index in [1.54, 1.807) is 11.0 Å². The van der Waals surface area contributed by atoms with Gasteiger partial charge in [-0.1, -0.05) is 12.8 Å². The molecule has 2 aromatic rings. The molecule has 1 saturated heterocycles. The number of hydrogen-bond donors (Lipinski definition) is 1. The number of rotatable bonds is 4. The molecule has 1 aliphatic carbocycles. The highest BCUT2D eigenvalue weighted by atomic mass is 16.3. The highest BCUT2D eigenvalue weighted by Gasteiger charge is 2.27. The van der Waals surface area contributed by atoms with Gasteiger partial charge in [0.25, 0.3) is 0 Å². The Hall–Kier alpha value is -1.73. The Bertz CT molecular complexity index is 658. The Morgan fingerprint density at radius 1 is 1.09 bits per heavy atom. The van der Waals surface area contributed by atoms with E-state index in [1.165, 1.54) is 25.7 Å². The lowest BCUT2D eigenvalue weighted by Crippen LogP contribution is -2.50. The molecule has 4 rings (SSSR count). The van der Waals surface area contributed by atoms with E-state index in [9.17, 15) is 0 Å². The van der Waals surface area contributed by atoms with Crippen LogP contribution in [0.4, 0.5) is 5.82 Å². The first-order valence-corrected chi connectivity index (χ1v) is 8.63. The molecule has 3 heterocycles. The van der Waals surface area contributed by atoms with Gasteiger partial charge in [0.2, 0.25) is 0 Å². The molecule has 1 saturated carbocycles. The summed E-state index contributed by atoms with van der Waals surface area (Å²) in [5.74, 6) is 0.977. The number of piperazine rings is 1. The lowest BCUT2D eigenvalue weighted by Gasteiger charge is -2.38. The summed E-state index contributed by atoms with van der Waals surface area (Å²) in [4.78, 5) is 13.8. The van der Waals surface area contributed by atoms with Crippen LogP contribution in [0.25, 0.3) is 11.0 Å². The summed E-state index contributed by atoms with van der Waals surface area (Å²) in [5.41, 5.74) is 0.808. The second kappa shape index (κ2) is 6.41. The van der Waals surface area contributed by atoms with Gasteiger partial charge in [-0.2, -0.15) is 5.10 Å². The minimum Gasteiger partial charge on any atom is -0.394 e. The fourth-order valence-electron chi connectivity index (χ4n) is 3.96. The van der Waals surface area contributed by atoms with Crippen LogP contribution in [0.1, 0.15) is 25.7 Å². The van der Waals surface area contributed by atoms with E-state index in [0.29, 0.717) is 6.54 Å². The lowest BCUT2D eigenvalue weighted by atomic mass is 10.2. The molecular formula is C16H24N6O. The SMILES string of the molecule is OCCn1ncc2c(N3CCN(C4CCCC4)CC3)ncnc21. The van der Waals surface area contributed by atoms with E-state index < -0.39 is 0 Å². The Morgan fingerprint density at radius 3 is 2.61 bits per heavy atom. The first-order valence-electron chi connectivity index (χ1n) is 8.63. The van der Waals surface area contributed by atoms with E-state index in [1.807, 2.05) is 6.20 Å². The van der Waals surface area contributed by atoms with Gasteiger partial charge in [-0.15, -0.1) is 0 Å².